The number of hydrogen-bond donors (Lipinski definition) is 6. The third-order valence-corrected chi connectivity index (χ3v) is 7.33. The van der Waals surface area contributed by atoms with Crippen LogP contribution in [0.25, 0.3) is 0 Å². The minimum Gasteiger partial charge on any atom is -0.510 e. The Morgan fingerprint density at radius 2 is 1.76 bits per heavy atom. The largest absolute Gasteiger partial charge is 0.510 e. The van der Waals surface area contributed by atoms with Crippen molar-refractivity contribution in [3.63, 3.8) is 0 Å². The normalized spacial score (nSPS) is 33.7. The molecular formula is C23H26N2O8. The van der Waals surface area contributed by atoms with Crippen molar-refractivity contribution < 1.29 is 39.9 Å². The van der Waals surface area contributed by atoms with Crippen molar-refractivity contribution in [3.05, 3.63) is 51.5 Å². The molecule has 1 aromatic rings. The predicted octanol–water partition coefficient (Wildman–Crippen LogP) is -0.0392. The average Bonchev–Trinajstić information content (AvgIpc) is 2.72. The summed E-state index contributed by atoms with van der Waals surface area (Å²) in [6.07, 6.45) is -1.59. The van der Waals surface area contributed by atoms with E-state index in [4.69, 9.17) is 5.73 Å². The quantitative estimate of drug-likeness (QED) is 0.331. The molecule has 0 heterocycles. The van der Waals surface area contributed by atoms with Crippen LogP contribution in [0.1, 0.15) is 34.3 Å². The van der Waals surface area contributed by atoms with Gasteiger partial charge in [-0.2, -0.15) is 0 Å². The number of benzene rings is 1. The Morgan fingerprint density at radius 3 is 2.30 bits per heavy atom. The molecule has 0 aliphatic heterocycles. The van der Waals surface area contributed by atoms with E-state index in [1.165, 1.54) is 25.1 Å². The molecule has 7 N–H and O–H groups in total. The number of fused-ring (bicyclic) bond motifs is 3. The fourth-order valence-corrected chi connectivity index (χ4v) is 5.92. The highest BCUT2D eigenvalue weighted by Crippen LogP contribution is 2.55. The average molecular weight is 458 g/mol. The Morgan fingerprint density at radius 1 is 1.15 bits per heavy atom. The Bertz CT molecular complexity index is 1180. The standard InChI is InChI=1S/C23H26N2O8/c1-7-5-6-9(26)12-10(7)8(2)11-13(17(12)27)20(30)23(33)15(18(11)28)16(25(3)4)19(29)14(21(23)31)22(24)32/h5-6,8,11,15-16,18,26,28-30,33H,1-4H3,(H2,24,32)/t8-,11?,15?,16?,18-,23-/m0/s1. The Labute approximate surface area is 189 Å². The number of primary amides is 1. The molecule has 3 aliphatic rings. The highest BCUT2D eigenvalue weighted by atomic mass is 16.4. The first-order valence-corrected chi connectivity index (χ1v) is 10.4. The van der Waals surface area contributed by atoms with Gasteiger partial charge in [0.1, 0.15) is 22.8 Å². The Balaban J connectivity index is 2.08. The van der Waals surface area contributed by atoms with Crippen LogP contribution in [-0.2, 0) is 9.59 Å². The molecule has 10 heteroatoms. The molecule has 4 rings (SSSR count). The van der Waals surface area contributed by atoms with Crippen molar-refractivity contribution in [3.8, 4) is 5.75 Å². The second-order valence-corrected chi connectivity index (χ2v) is 9.24. The monoisotopic (exact) mass is 458 g/mol. The van der Waals surface area contributed by atoms with Crippen LogP contribution in [0.5, 0.6) is 5.75 Å². The molecule has 0 bridgehead atoms. The number of carbonyl (C=O) groups excluding carboxylic acids is 3. The zero-order valence-electron chi connectivity index (χ0n) is 18.5. The molecule has 33 heavy (non-hydrogen) atoms. The Kier molecular flexibility index (Phi) is 4.97. The zero-order valence-corrected chi connectivity index (χ0v) is 18.5. The van der Waals surface area contributed by atoms with Crippen LogP contribution in [0.3, 0.4) is 0 Å². The number of carbonyl (C=O) groups is 3. The van der Waals surface area contributed by atoms with Crippen molar-refractivity contribution in [1.29, 1.82) is 0 Å². The van der Waals surface area contributed by atoms with Gasteiger partial charge in [-0.1, -0.05) is 13.0 Å². The Hall–Kier alpha value is -3.21. The lowest BCUT2D eigenvalue weighted by Gasteiger charge is -2.53. The summed E-state index contributed by atoms with van der Waals surface area (Å²) in [5.74, 6) is -8.85. The van der Waals surface area contributed by atoms with Crippen LogP contribution >= 0.6 is 0 Å². The van der Waals surface area contributed by atoms with Gasteiger partial charge in [0.2, 0.25) is 5.78 Å². The lowest BCUT2D eigenvalue weighted by atomic mass is 9.55. The number of aliphatic hydroxyl groups is 4. The molecule has 0 aromatic heterocycles. The van der Waals surface area contributed by atoms with Gasteiger partial charge in [0.05, 0.1) is 23.6 Å². The number of Topliss-reactive ketones (excluding diaryl/α,β-unsaturated/α-hetero) is 2. The second kappa shape index (κ2) is 7.14. The molecule has 1 aromatic carbocycles. The summed E-state index contributed by atoms with van der Waals surface area (Å²) < 4.78 is 0. The first kappa shape index (κ1) is 23.0. The smallest absolute Gasteiger partial charge is 0.255 e. The number of phenolic OH excluding ortho intramolecular Hbond substituents is 1. The number of amides is 1. The number of phenols is 1. The predicted molar refractivity (Wildman–Crippen MR) is 115 cm³/mol. The molecule has 0 spiro atoms. The fourth-order valence-electron chi connectivity index (χ4n) is 5.92. The van der Waals surface area contributed by atoms with E-state index in [2.05, 4.69) is 0 Å². The first-order valence-electron chi connectivity index (χ1n) is 10.4. The number of nitrogens with zero attached hydrogens (tertiary/aromatic N) is 1. The fraction of sp³-hybridized carbons (Fsp3) is 0.435. The lowest BCUT2D eigenvalue weighted by Crippen LogP contribution is -2.68. The van der Waals surface area contributed by atoms with E-state index in [1.807, 2.05) is 0 Å². The summed E-state index contributed by atoms with van der Waals surface area (Å²) in [6.45, 7) is 3.44. The summed E-state index contributed by atoms with van der Waals surface area (Å²) in [5.41, 5.74) is 2.12. The maximum atomic E-state index is 13.5. The van der Waals surface area contributed by atoms with Crippen LogP contribution in [0.4, 0.5) is 0 Å². The van der Waals surface area contributed by atoms with E-state index < -0.39 is 75.6 Å². The van der Waals surface area contributed by atoms with Crippen LogP contribution in [0.2, 0.25) is 0 Å². The first-order chi connectivity index (χ1) is 15.3. The van der Waals surface area contributed by atoms with Crippen LogP contribution in [0, 0.1) is 18.8 Å². The van der Waals surface area contributed by atoms with E-state index in [9.17, 15) is 39.9 Å². The minimum absolute atomic E-state index is 0.0875. The molecule has 6 atom stereocenters. The maximum absolute atomic E-state index is 13.5. The molecule has 0 saturated carbocycles. The third kappa shape index (κ3) is 2.68. The van der Waals surface area contributed by atoms with E-state index in [1.54, 1.807) is 19.9 Å². The van der Waals surface area contributed by atoms with Crippen molar-refractivity contribution in [2.45, 2.75) is 37.5 Å². The molecule has 0 saturated heterocycles. The van der Waals surface area contributed by atoms with Gasteiger partial charge in [0.15, 0.2) is 11.4 Å². The van der Waals surface area contributed by atoms with Crippen molar-refractivity contribution in [2.24, 2.45) is 17.6 Å². The summed E-state index contributed by atoms with van der Waals surface area (Å²) in [7, 11) is 2.98. The van der Waals surface area contributed by atoms with E-state index in [-0.39, 0.29) is 11.3 Å². The number of aromatic hydroxyl groups is 1. The van der Waals surface area contributed by atoms with Crippen molar-refractivity contribution in [2.75, 3.05) is 14.1 Å². The topological polar surface area (TPSA) is 182 Å². The summed E-state index contributed by atoms with van der Waals surface area (Å²) in [5, 5.41) is 55.4. The van der Waals surface area contributed by atoms with Gasteiger partial charge < -0.3 is 31.3 Å². The number of hydrogen-bond acceptors (Lipinski definition) is 9. The van der Waals surface area contributed by atoms with Gasteiger partial charge in [-0.3, -0.25) is 19.3 Å². The van der Waals surface area contributed by atoms with Gasteiger partial charge in [0, 0.05) is 11.5 Å². The number of nitrogens with two attached hydrogens (primary N) is 1. The van der Waals surface area contributed by atoms with Gasteiger partial charge in [-0.25, -0.2) is 0 Å². The maximum Gasteiger partial charge on any atom is 0.255 e. The van der Waals surface area contributed by atoms with Crippen LogP contribution in [-0.4, -0.2) is 79.7 Å². The van der Waals surface area contributed by atoms with Gasteiger partial charge in [-0.05, 0) is 44.1 Å². The number of aryl methyl sites for hydroxylation is 1. The van der Waals surface area contributed by atoms with Crippen molar-refractivity contribution >= 4 is 17.5 Å². The SMILES string of the molecule is Cc1ccc(O)c2c1[C@H](C)C1C(=C(O)[C@]3(O)C(=O)C(C(N)=O)=C(O)C(N(C)C)C3[C@H]1O)C2=O. The van der Waals surface area contributed by atoms with E-state index >= 15 is 0 Å². The van der Waals surface area contributed by atoms with Crippen LogP contribution < -0.4 is 5.73 Å². The molecule has 3 unspecified atom stereocenters. The molecule has 0 fully saturated rings. The zero-order chi connectivity index (χ0) is 24.7. The summed E-state index contributed by atoms with van der Waals surface area (Å²) in [4.78, 5) is 40.1. The summed E-state index contributed by atoms with van der Waals surface area (Å²) in [6, 6.07) is 1.68. The molecular weight excluding hydrogens is 432 g/mol. The molecule has 10 nitrogen and oxygen atoms in total. The number of aliphatic hydroxyl groups excluding tert-OH is 3. The van der Waals surface area contributed by atoms with Crippen LogP contribution in [0.15, 0.2) is 34.8 Å². The number of rotatable bonds is 2. The second-order valence-electron chi connectivity index (χ2n) is 9.24. The highest BCUT2D eigenvalue weighted by molar-refractivity contribution is 6.25. The minimum atomic E-state index is -2.90. The molecule has 176 valence electrons. The third-order valence-electron chi connectivity index (χ3n) is 7.33. The van der Waals surface area contributed by atoms with Crippen molar-refractivity contribution in [1.82, 2.24) is 4.90 Å². The number of likely N-dealkylation sites (N-methyl/N-ethyl adjacent to an activating group) is 1. The lowest BCUT2D eigenvalue weighted by molar-refractivity contribution is -0.162. The highest BCUT2D eigenvalue weighted by Gasteiger charge is 2.67. The molecule has 3 aliphatic carbocycles. The van der Waals surface area contributed by atoms with E-state index in [0.717, 1.165) is 0 Å². The number of ketones is 2. The summed E-state index contributed by atoms with van der Waals surface area (Å²) >= 11 is 0. The molecule has 1 amide bonds. The molecule has 0 radical (unpaired) electrons. The van der Waals surface area contributed by atoms with Gasteiger partial charge in [-0.15, -0.1) is 0 Å². The van der Waals surface area contributed by atoms with Gasteiger partial charge in [0.25, 0.3) is 5.91 Å². The van der Waals surface area contributed by atoms with Gasteiger partial charge >= 0.3 is 0 Å². The van der Waals surface area contributed by atoms with E-state index in [0.29, 0.717) is 11.1 Å².